The summed E-state index contributed by atoms with van der Waals surface area (Å²) in [6.45, 7) is 0.638. The van der Waals surface area contributed by atoms with E-state index in [1.54, 1.807) is 6.07 Å². The minimum absolute atomic E-state index is 0.144. The van der Waals surface area contributed by atoms with E-state index in [1.807, 2.05) is 0 Å². The van der Waals surface area contributed by atoms with Gasteiger partial charge in [0.05, 0.1) is 19.3 Å². The van der Waals surface area contributed by atoms with Crippen molar-refractivity contribution in [2.45, 2.75) is 6.54 Å². The van der Waals surface area contributed by atoms with Crippen LogP contribution >= 0.6 is 0 Å². The molecule has 0 aromatic carbocycles. The summed E-state index contributed by atoms with van der Waals surface area (Å²) >= 11 is 0. The van der Waals surface area contributed by atoms with Crippen molar-refractivity contribution in [1.29, 1.82) is 0 Å². The molecular formula is C11H13N5O3. The number of hydrogen-bond acceptors (Lipinski definition) is 5. The van der Waals surface area contributed by atoms with Gasteiger partial charge >= 0.3 is 0 Å². The summed E-state index contributed by atoms with van der Waals surface area (Å²) in [5.41, 5.74) is -0.138. The van der Waals surface area contributed by atoms with Gasteiger partial charge in [-0.25, -0.2) is 4.68 Å². The van der Waals surface area contributed by atoms with E-state index < -0.39 is 5.91 Å². The molecule has 2 heterocycles. The maximum absolute atomic E-state index is 11.9. The third-order valence-electron chi connectivity index (χ3n) is 2.36. The predicted molar refractivity (Wildman–Crippen MR) is 66.9 cm³/mol. The first-order chi connectivity index (χ1) is 9.20. The molecule has 2 N–H and O–H groups in total. The zero-order chi connectivity index (χ0) is 13.7. The van der Waals surface area contributed by atoms with Crippen molar-refractivity contribution in [3.05, 3.63) is 40.4 Å². The van der Waals surface area contributed by atoms with E-state index >= 15 is 0 Å². The quantitative estimate of drug-likeness (QED) is 0.782. The van der Waals surface area contributed by atoms with E-state index in [0.29, 0.717) is 19.0 Å². The molecular weight excluding hydrogens is 250 g/mol. The van der Waals surface area contributed by atoms with Crippen molar-refractivity contribution in [2.75, 3.05) is 19.0 Å². The Labute approximate surface area is 108 Å². The molecule has 2 aromatic heterocycles. The summed E-state index contributed by atoms with van der Waals surface area (Å²) < 4.78 is 6.06. The highest BCUT2D eigenvalue weighted by Crippen LogP contribution is 2.01. The van der Waals surface area contributed by atoms with Crippen LogP contribution in [-0.2, 0) is 11.3 Å². The molecule has 2 aromatic rings. The van der Waals surface area contributed by atoms with Crippen molar-refractivity contribution in [2.24, 2.45) is 0 Å². The summed E-state index contributed by atoms with van der Waals surface area (Å²) in [5.74, 6) is 0.0388. The number of nitrogens with one attached hydrogen (secondary N) is 2. The Morgan fingerprint density at radius 3 is 3.00 bits per heavy atom. The highest BCUT2D eigenvalue weighted by atomic mass is 16.5. The van der Waals surface area contributed by atoms with Gasteiger partial charge in [0.25, 0.3) is 11.5 Å². The lowest BCUT2D eigenvalue weighted by Crippen LogP contribution is -2.27. The molecule has 0 fully saturated rings. The molecule has 2 rings (SSSR count). The Bertz CT molecular complexity index is 605. The van der Waals surface area contributed by atoms with Gasteiger partial charge < -0.3 is 10.1 Å². The lowest BCUT2D eigenvalue weighted by molar-refractivity contribution is 0.101. The van der Waals surface area contributed by atoms with Crippen molar-refractivity contribution in [1.82, 2.24) is 20.0 Å². The molecule has 1 amide bonds. The summed E-state index contributed by atoms with van der Waals surface area (Å²) in [6, 6.07) is 4.28. The highest BCUT2D eigenvalue weighted by Gasteiger charge is 2.10. The molecule has 0 aliphatic carbocycles. The number of carbonyl (C=O) groups is 1. The van der Waals surface area contributed by atoms with Gasteiger partial charge in [0.15, 0.2) is 0 Å². The van der Waals surface area contributed by atoms with E-state index in [-0.39, 0.29) is 11.3 Å². The van der Waals surface area contributed by atoms with Gasteiger partial charge in [0.1, 0.15) is 11.5 Å². The molecule has 0 radical (unpaired) electrons. The second-order valence-corrected chi connectivity index (χ2v) is 3.70. The van der Waals surface area contributed by atoms with Gasteiger partial charge in [0.2, 0.25) is 0 Å². The fraction of sp³-hybridized carbons (Fsp3) is 0.273. The minimum atomic E-state index is -0.421. The number of ether oxygens (including phenoxy) is 1. The molecule has 0 unspecified atom stereocenters. The zero-order valence-corrected chi connectivity index (χ0v) is 10.3. The Morgan fingerprint density at radius 1 is 1.47 bits per heavy atom. The summed E-state index contributed by atoms with van der Waals surface area (Å²) in [6.07, 6.45) is 1.52. The van der Waals surface area contributed by atoms with Gasteiger partial charge in [-0.05, 0) is 6.07 Å². The van der Waals surface area contributed by atoms with Crippen molar-refractivity contribution in [3.63, 3.8) is 0 Å². The smallest absolute Gasteiger partial charge is 0.277 e. The minimum Gasteiger partial charge on any atom is -0.383 e. The topological polar surface area (TPSA) is 102 Å². The zero-order valence-electron chi connectivity index (χ0n) is 10.3. The molecule has 0 saturated heterocycles. The Morgan fingerprint density at radius 2 is 2.32 bits per heavy atom. The second-order valence-electron chi connectivity index (χ2n) is 3.70. The van der Waals surface area contributed by atoms with Gasteiger partial charge in [-0.15, -0.1) is 0 Å². The summed E-state index contributed by atoms with van der Waals surface area (Å²) in [7, 11) is 1.53. The highest BCUT2D eigenvalue weighted by molar-refractivity contribution is 6.02. The maximum Gasteiger partial charge on any atom is 0.277 e. The Hall–Kier alpha value is -2.48. The molecule has 0 spiro atoms. The number of carbonyl (C=O) groups excluding carboxylic acids is 1. The molecule has 8 heteroatoms. The molecule has 0 atom stereocenters. The molecule has 0 bridgehead atoms. The summed E-state index contributed by atoms with van der Waals surface area (Å²) in [5, 5.41) is 12.9. The van der Waals surface area contributed by atoms with Gasteiger partial charge in [-0.2, -0.15) is 10.2 Å². The van der Waals surface area contributed by atoms with Crippen LogP contribution in [0.25, 0.3) is 0 Å². The molecule has 100 valence electrons. The lowest BCUT2D eigenvalue weighted by atomic mass is 10.3. The van der Waals surface area contributed by atoms with Crippen LogP contribution in [0, 0.1) is 0 Å². The van der Waals surface area contributed by atoms with Crippen molar-refractivity contribution < 1.29 is 9.53 Å². The average Bonchev–Trinajstić information content (AvgIpc) is 2.90. The molecule has 19 heavy (non-hydrogen) atoms. The fourth-order valence-electron chi connectivity index (χ4n) is 1.42. The number of hydrogen-bond donors (Lipinski definition) is 2. The number of anilines is 1. The molecule has 0 saturated carbocycles. The van der Waals surface area contributed by atoms with Crippen LogP contribution in [0.15, 0.2) is 29.2 Å². The predicted octanol–water partition coefficient (Wildman–Crippen LogP) is -0.135. The maximum atomic E-state index is 11.9. The van der Waals surface area contributed by atoms with E-state index in [2.05, 4.69) is 20.6 Å². The first-order valence-corrected chi connectivity index (χ1v) is 5.58. The van der Waals surface area contributed by atoms with Crippen LogP contribution in [0.3, 0.4) is 0 Å². The lowest BCUT2D eigenvalue weighted by Gasteiger charge is -2.06. The Kier molecular flexibility index (Phi) is 4.04. The van der Waals surface area contributed by atoms with Gasteiger partial charge in [-0.1, -0.05) is 0 Å². The van der Waals surface area contributed by atoms with Crippen LogP contribution < -0.4 is 10.9 Å². The number of aromatic amines is 1. The van der Waals surface area contributed by atoms with Gasteiger partial charge in [0, 0.05) is 19.2 Å². The average molecular weight is 263 g/mol. The number of amides is 1. The van der Waals surface area contributed by atoms with Crippen LogP contribution in [0.1, 0.15) is 10.5 Å². The van der Waals surface area contributed by atoms with E-state index in [0.717, 1.165) is 0 Å². The van der Waals surface area contributed by atoms with Crippen molar-refractivity contribution in [3.8, 4) is 0 Å². The van der Waals surface area contributed by atoms with Crippen LogP contribution in [0.2, 0.25) is 0 Å². The summed E-state index contributed by atoms with van der Waals surface area (Å²) in [4.78, 5) is 23.4. The molecule has 0 aliphatic heterocycles. The number of aromatic nitrogens is 4. The van der Waals surface area contributed by atoms with Crippen LogP contribution in [0.4, 0.5) is 5.82 Å². The standard InChI is InChI=1S/C11H13N5O3/c1-19-7-6-16-10(17)3-2-8(15-16)11(18)13-9-4-5-12-14-9/h2-5H,6-7H2,1H3,(H2,12,13,14,18). The van der Waals surface area contributed by atoms with Crippen molar-refractivity contribution >= 4 is 11.7 Å². The number of nitrogens with zero attached hydrogens (tertiary/aromatic N) is 3. The first-order valence-electron chi connectivity index (χ1n) is 5.58. The second kappa shape index (κ2) is 5.91. The van der Waals surface area contributed by atoms with Crippen LogP contribution in [-0.4, -0.2) is 39.6 Å². The first kappa shape index (κ1) is 13.0. The molecule has 8 nitrogen and oxygen atoms in total. The van der Waals surface area contributed by atoms with E-state index in [9.17, 15) is 9.59 Å². The van der Waals surface area contributed by atoms with Gasteiger partial charge in [-0.3, -0.25) is 14.7 Å². The number of H-pyrrole nitrogens is 1. The monoisotopic (exact) mass is 263 g/mol. The number of methoxy groups -OCH3 is 1. The van der Waals surface area contributed by atoms with Crippen LogP contribution in [0.5, 0.6) is 0 Å². The largest absolute Gasteiger partial charge is 0.383 e. The normalized spacial score (nSPS) is 10.4. The van der Waals surface area contributed by atoms with E-state index in [1.165, 1.54) is 30.1 Å². The third-order valence-corrected chi connectivity index (χ3v) is 2.36. The SMILES string of the molecule is COCCn1nc(C(=O)Nc2ccn[nH]2)ccc1=O. The third kappa shape index (κ3) is 3.26. The Balaban J connectivity index is 2.15. The van der Waals surface area contributed by atoms with E-state index in [4.69, 9.17) is 4.74 Å². The molecule has 0 aliphatic rings. The fourth-order valence-corrected chi connectivity index (χ4v) is 1.42. The number of rotatable bonds is 5.